The lowest BCUT2D eigenvalue weighted by atomic mass is 10.1. The van der Waals surface area contributed by atoms with Crippen molar-refractivity contribution in [1.82, 2.24) is 5.16 Å². The van der Waals surface area contributed by atoms with Crippen LogP contribution in [-0.4, -0.2) is 16.9 Å². The van der Waals surface area contributed by atoms with Crippen LogP contribution in [0.1, 0.15) is 20.8 Å². The topological polar surface area (TPSA) is 90.4 Å². The maximum absolute atomic E-state index is 11.8. The molecule has 0 aliphatic rings. The van der Waals surface area contributed by atoms with Gasteiger partial charge in [-0.3, -0.25) is 5.32 Å². The summed E-state index contributed by atoms with van der Waals surface area (Å²) in [5.41, 5.74) is 6.85. The van der Waals surface area contributed by atoms with Crippen LogP contribution in [0.25, 0.3) is 11.1 Å². The number of halogens is 1. The molecule has 2 aromatic rings. The van der Waals surface area contributed by atoms with Gasteiger partial charge >= 0.3 is 6.09 Å². The van der Waals surface area contributed by atoms with Crippen LogP contribution < -0.4 is 11.1 Å². The summed E-state index contributed by atoms with van der Waals surface area (Å²) in [4.78, 5) is 11.8. The Morgan fingerprint density at radius 2 is 2.14 bits per heavy atom. The van der Waals surface area contributed by atoms with E-state index in [9.17, 15) is 4.79 Å². The zero-order valence-electron chi connectivity index (χ0n) is 11.9. The van der Waals surface area contributed by atoms with Crippen LogP contribution in [0, 0.1) is 0 Å². The number of hydrogen-bond donors (Lipinski definition) is 2. The number of anilines is 2. The summed E-state index contributed by atoms with van der Waals surface area (Å²) in [7, 11) is 0. The highest BCUT2D eigenvalue weighted by atomic mass is 35.5. The van der Waals surface area contributed by atoms with E-state index in [0.717, 1.165) is 5.56 Å². The maximum Gasteiger partial charge on any atom is 0.412 e. The molecular formula is C14H16ClN3O3. The van der Waals surface area contributed by atoms with Crippen molar-refractivity contribution >= 4 is 29.3 Å². The number of carbonyl (C=O) groups is 1. The number of nitrogens with one attached hydrogen (secondary N) is 1. The fraction of sp³-hybridized carbons (Fsp3) is 0.286. The Hall–Kier alpha value is -2.21. The molecule has 3 N–H and O–H groups in total. The average Bonchev–Trinajstić information content (AvgIpc) is 2.76. The number of nitrogens with two attached hydrogens (primary N) is 1. The zero-order chi connectivity index (χ0) is 15.6. The van der Waals surface area contributed by atoms with Gasteiger partial charge in [-0.2, -0.15) is 0 Å². The average molecular weight is 310 g/mol. The first-order chi connectivity index (χ1) is 9.76. The molecule has 0 saturated carbocycles. The maximum atomic E-state index is 11.8. The van der Waals surface area contributed by atoms with Crippen LogP contribution >= 0.6 is 11.6 Å². The number of carbonyl (C=O) groups excluding carboxylic acids is 1. The van der Waals surface area contributed by atoms with E-state index in [-0.39, 0.29) is 5.88 Å². The minimum atomic E-state index is -0.590. The van der Waals surface area contributed by atoms with Gasteiger partial charge in [0.2, 0.25) is 5.88 Å². The second kappa shape index (κ2) is 5.65. The van der Waals surface area contributed by atoms with Gasteiger partial charge in [0.15, 0.2) is 0 Å². The molecule has 21 heavy (non-hydrogen) atoms. The van der Waals surface area contributed by atoms with Crippen molar-refractivity contribution in [2.24, 2.45) is 0 Å². The molecule has 0 saturated heterocycles. The first-order valence-corrected chi connectivity index (χ1v) is 6.64. The Bertz CT molecular complexity index is 662. The summed E-state index contributed by atoms with van der Waals surface area (Å²) in [6, 6.07) is 5.08. The summed E-state index contributed by atoms with van der Waals surface area (Å²) in [6.45, 7) is 5.34. The molecule has 0 unspecified atom stereocenters. The normalized spacial score (nSPS) is 11.2. The van der Waals surface area contributed by atoms with E-state index >= 15 is 0 Å². The predicted molar refractivity (Wildman–Crippen MR) is 81.2 cm³/mol. The van der Waals surface area contributed by atoms with Crippen molar-refractivity contribution in [2.45, 2.75) is 26.4 Å². The third-order valence-corrected chi connectivity index (χ3v) is 2.84. The van der Waals surface area contributed by atoms with Crippen molar-refractivity contribution in [3.63, 3.8) is 0 Å². The van der Waals surface area contributed by atoms with E-state index in [1.54, 1.807) is 39.0 Å². The highest BCUT2D eigenvalue weighted by Crippen LogP contribution is 2.31. The van der Waals surface area contributed by atoms with Crippen molar-refractivity contribution in [3.05, 3.63) is 29.4 Å². The summed E-state index contributed by atoms with van der Waals surface area (Å²) in [6.07, 6.45) is 0.912. The lowest BCUT2D eigenvalue weighted by molar-refractivity contribution is 0.0636. The van der Waals surface area contributed by atoms with Gasteiger partial charge in [-0.1, -0.05) is 22.8 Å². The molecule has 1 aromatic heterocycles. The number of aromatic nitrogens is 1. The minimum absolute atomic E-state index is 0.195. The quantitative estimate of drug-likeness (QED) is 0.877. The Morgan fingerprint density at radius 1 is 1.43 bits per heavy atom. The number of rotatable bonds is 2. The predicted octanol–water partition coefficient (Wildman–Crippen LogP) is 3.92. The molecule has 112 valence electrons. The van der Waals surface area contributed by atoms with Crippen molar-refractivity contribution in [1.29, 1.82) is 0 Å². The lowest BCUT2D eigenvalue weighted by Gasteiger charge is -2.20. The second-order valence-electron chi connectivity index (χ2n) is 5.43. The van der Waals surface area contributed by atoms with E-state index in [1.165, 1.54) is 6.20 Å². The molecule has 0 fully saturated rings. The molecule has 7 heteroatoms. The molecule has 1 amide bonds. The molecule has 1 heterocycles. The number of ether oxygens (including phenoxy) is 1. The molecular weight excluding hydrogens is 294 g/mol. The van der Waals surface area contributed by atoms with Crippen LogP contribution in [0.4, 0.5) is 16.4 Å². The van der Waals surface area contributed by atoms with Gasteiger partial charge in [0.25, 0.3) is 0 Å². The zero-order valence-corrected chi connectivity index (χ0v) is 12.7. The Morgan fingerprint density at radius 3 is 2.71 bits per heavy atom. The third-order valence-electron chi connectivity index (χ3n) is 2.51. The summed E-state index contributed by atoms with van der Waals surface area (Å²) < 4.78 is 10.0. The first kappa shape index (κ1) is 15.2. The van der Waals surface area contributed by atoms with Gasteiger partial charge in [0.1, 0.15) is 5.60 Å². The number of amides is 1. The Labute approximate surface area is 127 Å². The van der Waals surface area contributed by atoms with Gasteiger partial charge in [0.05, 0.1) is 22.5 Å². The minimum Gasteiger partial charge on any atom is -0.444 e. The van der Waals surface area contributed by atoms with E-state index in [1.807, 2.05) is 0 Å². The highest BCUT2D eigenvalue weighted by molar-refractivity contribution is 6.33. The van der Waals surface area contributed by atoms with Crippen LogP contribution in [0.2, 0.25) is 5.02 Å². The van der Waals surface area contributed by atoms with Gasteiger partial charge in [-0.15, -0.1) is 0 Å². The molecule has 0 atom stereocenters. The summed E-state index contributed by atoms with van der Waals surface area (Å²) in [5, 5.41) is 6.61. The van der Waals surface area contributed by atoms with Gasteiger partial charge in [-0.05, 0) is 38.5 Å². The molecule has 2 rings (SSSR count). The van der Waals surface area contributed by atoms with Crippen LogP contribution in [0.3, 0.4) is 0 Å². The van der Waals surface area contributed by atoms with E-state index in [0.29, 0.717) is 16.3 Å². The number of benzene rings is 1. The fourth-order valence-corrected chi connectivity index (χ4v) is 1.83. The van der Waals surface area contributed by atoms with Crippen LogP contribution in [0.15, 0.2) is 28.9 Å². The third kappa shape index (κ3) is 3.88. The largest absolute Gasteiger partial charge is 0.444 e. The summed E-state index contributed by atoms with van der Waals surface area (Å²) in [5.74, 6) is 0.195. The standard InChI is InChI=1S/C14H16ClN3O3/c1-14(2,3)20-13(19)18-11-6-8(4-5-10(11)15)9-7-17-21-12(9)16/h4-7H,16H2,1-3H3,(H,18,19). The van der Waals surface area contributed by atoms with Crippen molar-refractivity contribution in [2.75, 3.05) is 11.1 Å². The van der Waals surface area contributed by atoms with Crippen LogP contribution in [-0.2, 0) is 4.74 Å². The lowest BCUT2D eigenvalue weighted by Crippen LogP contribution is -2.27. The van der Waals surface area contributed by atoms with Gasteiger partial charge in [0, 0.05) is 0 Å². The van der Waals surface area contributed by atoms with E-state index in [2.05, 4.69) is 10.5 Å². The molecule has 0 aliphatic carbocycles. The molecule has 0 spiro atoms. The van der Waals surface area contributed by atoms with Gasteiger partial charge in [-0.25, -0.2) is 4.79 Å². The first-order valence-electron chi connectivity index (χ1n) is 6.26. The van der Waals surface area contributed by atoms with Crippen LogP contribution in [0.5, 0.6) is 0 Å². The Kier molecular flexibility index (Phi) is 4.09. The van der Waals surface area contributed by atoms with E-state index < -0.39 is 11.7 Å². The number of nitrogen functional groups attached to an aromatic ring is 1. The number of hydrogen-bond acceptors (Lipinski definition) is 5. The molecule has 6 nitrogen and oxygen atoms in total. The Balaban J connectivity index is 2.24. The number of nitrogens with zero attached hydrogens (tertiary/aromatic N) is 1. The second-order valence-corrected chi connectivity index (χ2v) is 5.83. The monoisotopic (exact) mass is 309 g/mol. The van der Waals surface area contributed by atoms with Gasteiger partial charge < -0.3 is 15.0 Å². The molecule has 1 aromatic carbocycles. The molecule has 0 bridgehead atoms. The fourth-order valence-electron chi connectivity index (χ4n) is 1.67. The van der Waals surface area contributed by atoms with Crippen molar-refractivity contribution < 1.29 is 14.1 Å². The summed E-state index contributed by atoms with van der Waals surface area (Å²) >= 11 is 6.07. The SMILES string of the molecule is CC(C)(C)OC(=O)Nc1cc(-c2cnoc2N)ccc1Cl. The molecule has 0 aliphatic heterocycles. The van der Waals surface area contributed by atoms with Crippen molar-refractivity contribution in [3.8, 4) is 11.1 Å². The van der Waals surface area contributed by atoms with E-state index in [4.69, 9.17) is 26.6 Å². The molecule has 0 radical (unpaired) electrons. The highest BCUT2D eigenvalue weighted by Gasteiger charge is 2.17. The smallest absolute Gasteiger partial charge is 0.412 e.